The standard InChI is InChI=1S/C13H19NO/c1-8-12(10(3)15)9(2)14-13(8)11-6-4-5-7-11/h11,14H,4-7H2,1-3H3. The van der Waals surface area contributed by atoms with E-state index in [1.54, 1.807) is 6.92 Å². The van der Waals surface area contributed by atoms with E-state index >= 15 is 0 Å². The van der Waals surface area contributed by atoms with Crippen molar-refractivity contribution >= 4 is 5.78 Å². The van der Waals surface area contributed by atoms with Crippen molar-refractivity contribution in [1.82, 2.24) is 4.98 Å². The molecular formula is C13H19NO. The van der Waals surface area contributed by atoms with Gasteiger partial charge in [-0.2, -0.15) is 0 Å². The van der Waals surface area contributed by atoms with Crippen molar-refractivity contribution in [3.05, 3.63) is 22.5 Å². The molecule has 1 saturated carbocycles. The van der Waals surface area contributed by atoms with Gasteiger partial charge in [0.25, 0.3) is 0 Å². The Labute approximate surface area is 91.1 Å². The monoisotopic (exact) mass is 205 g/mol. The number of aromatic amines is 1. The highest BCUT2D eigenvalue weighted by Gasteiger charge is 2.23. The number of carbonyl (C=O) groups excluding carboxylic acids is 1. The van der Waals surface area contributed by atoms with Gasteiger partial charge in [-0.05, 0) is 45.1 Å². The summed E-state index contributed by atoms with van der Waals surface area (Å²) in [6.07, 6.45) is 5.21. The third-order valence-corrected chi connectivity index (χ3v) is 3.59. The van der Waals surface area contributed by atoms with Crippen LogP contribution in [0.3, 0.4) is 0 Å². The molecule has 0 aliphatic heterocycles. The highest BCUT2D eigenvalue weighted by atomic mass is 16.1. The molecule has 1 aliphatic rings. The lowest BCUT2D eigenvalue weighted by Crippen LogP contribution is -1.97. The smallest absolute Gasteiger partial charge is 0.161 e. The predicted molar refractivity (Wildman–Crippen MR) is 61.5 cm³/mol. The molecule has 0 amide bonds. The van der Waals surface area contributed by atoms with Crippen LogP contribution in [0.15, 0.2) is 0 Å². The van der Waals surface area contributed by atoms with Gasteiger partial charge in [-0.15, -0.1) is 0 Å². The number of aromatic nitrogens is 1. The second kappa shape index (κ2) is 3.84. The van der Waals surface area contributed by atoms with Crippen molar-refractivity contribution in [2.75, 3.05) is 0 Å². The van der Waals surface area contributed by atoms with Gasteiger partial charge in [-0.25, -0.2) is 0 Å². The average Bonchev–Trinajstić information content (AvgIpc) is 2.72. The Morgan fingerprint density at radius 2 is 1.87 bits per heavy atom. The molecule has 0 spiro atoms. The molecule has 82 valence electrons. The number of Topliss-reactive ketones (excluding diaryl/α,β-unsaturated/α-hetero) is 1. The van der Waals surface area contributed by atoms with E-state index in [0.29, 0.717) is 5.92 Å². The van der Waals surface area contributed by atoms with Gasteiger partial charge < -0.3 is 4.98 Å². The first kappa shape index (κ1) is 10.5. The van der Waals surface area contributed by atoms with Gasteiger partial charge in [-0.1, -0.05) is 12.8 Å². The van der Waals surface area contributed by atoms with Gasteiger partial charge in [0.1, 0.15) is 0 Å². The van der Waals surface area contributed by atoms with E-state index in [2.05, 4.69) is 11.9 Å². The largest absolute Gasteiger partial charge is 0.361 e. The van der Waals surface area contributed by atoms with Crippen LogP contribution in [-0.4, -0.2) is 10.8 Å². The molecule has 0 aromatic carbocycles. The zero-order chi connectivity index (χ0) is 11.0. The summed E-state index contributed by atoms with van der Waals surface area (Å²) in [6, 6.07) is 0. The molecule has 1 N–H and O–H groups in total. The number of hydrogen-bond acceptors (Lipinski definition) is 1. The summed E-state index contributed by atoms with van der Waals surface area (Å²) in [7, 11) is 0. The zero-order valence-electron chi connectivity index (χ0n) is 9.81. The van der Waals surface area contributed by atoms with Crippen LogP contribution in [0.1, 0.15) is 65.8 Å². The molecule has 2 heteroatoms. The Balaban J connectivity index is 2.40. The fourth-order valence-electron chi connectivity index (χ4n) is 2.93. The van der Waals surface area contributed by atoms with Crippen molar-refractivity contribution in [3.8, 4) is 0 Å². The number of hydrogen-bond donors (Lipinski definition) is 1. The second-order valence-corrected chi connectivity index (χ2v) is 4.70. The maximum Gasteiger partial charge on any atom is 0.161 e. The Hall–Kier alpha value is -1.05. The number of ketones is 1. The lowest BCUT2D eigenvalue weighted by atomic mass is 9.98. The number of nitrogens with one attached hydrogen (secondary N) is 1. The molecule has 1 fully saturated rings. The Morgan fingerprint density at radius 3 is 2.33 bits per heavy atom. The first-order chi connectivity index (χ1) is 7.11. The molecule has 1 aromatic rings. The maximum atomic E-state index is 11.5. The van der Waals surface area contributed by atoms with Crippen LogP contribution < -0.4 is 0 Å². The molecule has 1 heterocycles. The number of aryl methyl sites for hydroxylation is 1. The fourth-order valence-corrected chi connectivity index (χ4v) is 2.93. The van der Waals surface area contributed by atoms with E-state index in [0.717, 1.165) is 11.3 Å². The molecule has 0 saturated heterocycles. The molecule has 2 rings (SSSR count). The van der Waals surface area contributed by atoms with Gasteiger partial charge in [0.05, 0.1) is 0 Å². The van der Waals surface area contributed by atoms with E-state index in [9.17, 15) is 4.79 Å². The molecule has 0 radical (unpaired) electrons. The van der Waals surface area contributed by atoms with Crippen molar-refractivity contribution in [2.24, 2.45) is 0 Å². The number of carbonyl (C=O) groups is 1. The lowest BCUT2D eigenvalue weighted by Gasteiger charge is -2.08. The van der Waals surface area contributed by atoms with Crippen molar-refractivity contribution < 1.29 is 4.79 Å². The number of rotatable bonds is 2. The minimum atomic E-state index is 0.186. The summed E-state index contributed by atoms with van der Waals surface area (Å²) in [5.74, 6) is 0.849. The summed E-state index contributed by atoms with van der Waals surface area (Å²) >= 11 is 0. The van der Waals surface area contributed by atoms with Crippen LogP contribution in [0.2, 0.25) is 0 Å². The van der Waals surface area contributed by atoms with E-state index in [1.165, 1.54) is 36.9 Å². The minimum Gasteiger partial charge on any atom is -0.361 e. The van der Waals surface area contributed by atoms with Gasteiger partial charge in [0.2, 0.25) is 0 Å². The van der Waals surface area contributed by atoms with Crippen LogP contribution in [0.25, 0.3) is 0 Å². The second-order valence-electron chi connectivity index (χ2n) is 4.70. The van der Waals surface area contributed by atoms with Crippen LogP contribution >= 0.6 is 0 Å². The van der Waals surface area contributed by atoms with Crippen molar-refractivity contribution in [2.45, 2.75) is 52.4 Å². The molecule has 2 nitrogen and oxygen atoms in total. The zero-order valence-corrected chi connectivity index (χ0v) is 9.81. The van der Waals surface area contributed by atoms with Gasteiger partial charge in [-0.3, -0.25) is 4.79 Å². The van der Waals surface area contributed by atoms with E-state index < -0.39 is 0 Å². The summed E-state index contributed by atoms with van der Waals surface area (Å²) in [4.78, 5) is 14.9. The normalized spacial score (nSPS) is 17.3. The Kier molecular flexibility index (Phi) is 2.68. The molecular weight excluding hydrogens is 186 g/mol. The highest BCUT2D eigenvalue weighted by Crippen LogP contribution is 2.36. The molecule has 1 aromatic heterocycles. The highest BCUT2D eigenvalue weighted by molar-refractivity contribution is 5.97. The first-order valence-corrected chi connectivity index (χ1v) is 5.81. The topological polar surface area (TPSA) is 32.9 Å². The van der Waals surface area contributed by atoms with Gasteiger partial charge >= 0.3 is 0 Å². The molecule has 0 unspecified atom stereocenters. The average molecular weight is 205 g/mol. The number of H-pyrrole nitrogens is 1. The van der Waals surface area contributed by atoms with E-state index in [4.69, 9.17) is 0 Å². The minimum absolute atomic E-state index is 0.186. The summed E-state index contributed by atoms with van der Waals surface area (Å²) in [5.41, 5.74) is 4.46. The summed E-state index contributed by atoms with van der Waals surface area (Å²) in [6.45, 7) is 5.73. The lowest BCUT2D eigenvalue weighted by molar-refractivity contribution is 0.101. The molecule has 0 atom stereocenters. The third-order valence-electron chi connectivity index (χ3n) is 3.59. The van der Waals surface area contributed by atoms with Crippen LogP contribution in [0.5, 0.6) is 0 Å². The van der Waals surface area contributed by atoms with Gasteiger partial charge in [0.15, 0.2) is 5.78 Å². The van der Waals surface area contributed by atoms with E-state index in [1.807, 2.05) is 6.92 Å². The molecule has 0 bridgehead atoms. The van der Waals surface area contributed by atoms with Crippen molar-refractivity contribution in [3.63, 3.8) is 0 Å². The van der Waals surface area contributed by atoms with Crippen molar-refractivity contribution in [1.29, 1.82) is 0 Å². The van der Waals surface area contributed by atoms with E-state index in [-0.39, 0.29) is 5.78 Å². The van der Waals surface area contributed by atoms with Gasteiger partial charge in [0, 0.05) is 17.0 Å². The Bertz CT molecular complexity index is 383. The van der Waals surface area contributed by atoms with Crippen LogP contribution in [0.4, 0.5) is 0 Å². The van der Waals surface area contributed by atoms with Crippen LogP contribution in [0, 0.1) is 13.8 Å². The summed E-state index contributed by atoms with van der Waals surface area (Å²) in [5, 5.41) is 0. The molecule has 1 aliphatic carbocycles. The van der Waals surface area contributed by atoms with Crippen LogP contribution in [-0.2, 0) is 0 Å². The fraction of sp³-hybridized carbons (Fsp3) is 0.615. The first-order valence-electron chi connectivity index (χ1n) is 5.81. The SMILES string of the molecule is CC(=O)c1c(C)[nH]c(C2CCCC2)c1C. The summed E-state index contributed by atoms with van der Waals surface area (Å²) < 4.78 is 0. The predicted octanol–water partition coefficient (Wildman–Crippen LogP) is 3.49. The quantitative estimate of drug-likeness (QED) is 0.736. The third kappa shape index (κ3) is 1.73. The maximum absolute atomic E-state index is 11.5. The Morgan fingerprint density at radius 1 is 1.27 bits per heavy atom. The molecule has 15 heavy (non-hydrogen) atoms.